The third kappa shape index (κ3) is 2.85. The third-order valence-corrected chi connectivity index (χ3v) is 3.62. The molecule has 0 aliphatic carbocycles. The lowest BCUT2D eigenvalue weighted by molar-refractivity contribution is -0.550. The molecule has 2 aromatic rings. The van der Waals surface area contributed by atoms with Crippen LogP contribution in [-0.2, 0) is 16.0 Å². The Balaban J connectivity index is 2.40. The van der Waals surface area contributed by atoms with Crippen LogP contribution in [0.15, 0.2) is 24.4 Å². The predicted octanol–water partition coefficient (Wildman–Crippen LogP) is 2.96. The van der Waals surface area contributed by atoms with Crippen molar-refractivity contribution in [2.24, 2.45) is 0 Å². The number of hydrogen-bond acceptors (Lipinski definition) is 4. The van der Waals surface area contributed by atoms with E-state index in [1.54, 1.807) is 31.3 Å². The molecule has 0 aliphatic heterocycles. The predicted molar refractivity (Wildman–Crippen MR) is 79.0 cm³/mol. The van der Waals surface area contributed by atoms with Gasteiger partial charge < -0.3 is 9.72 Å². The number of nitrogens with one attached hydrogen (secondary N) is 1. The molecule has 7 heteroatoms. The lowest BCUT2D eigenvalue weighted by Gasteiger charge is -2.18. The molecular formula is C14H15ClN2O4. The number of rotatable bonds is 5. The van der Waals surface area contributed by atoms with E-state index in [2.05, 4.69) is 4.98 Å². The Bertz CT molecular complexity index is 697. The van der Waals surface area contributed by atoms with Gasteiger partial charge in [0, 0.05) is 34.0 Å². The van der Waals surface area contributed by atoms with Gasteiger partial charge in [-0.15, -0.1) is 0 Å². The number of carbonyl (C=O) groups is 1. The van der Waals surface area contributed by atoms with Crippen molar-refractivity contribution in [3.63, 3.8) is 0 Å². The van der Waals surface area contributed by atoms with Gasteiger partial charge in [0.25, 0.3) is 0 Å². The lowest BCUT2D eigenvalue weighted by atomic mass is 9.93. The zero-order valence-corrected chi connectivity index (χ0v) is 12.4. The van der Waals surface area contributed by atoms with Crippen molar-refractivity contribution < 1.29 is 14.5 Å². The maximum atomic E-state index is 11.9. The summed E-state index contributed by atoms with van der Waals surface area (Å²) in [5.74, 6) is -0.835. The van der Waals surface area contributed by atoms with Gasteiger partial charge in [0.15, 0.2) is 0 Å². The largest absolute Gasteiger partial charge is 0.461 e. The number of fused-ring (bicyclic) bond motifs is 1. The van der Waals surface area contributed by atoms with Crippen molar-refractivity contribution in [2.45, 2.75) is 25.8 Å². The van der Waals surface area contributed by atoms with Crippen molar-refractivity contribution in [3.05, 3.63) is 45.1 Å². The molecule has 112 valence electrons. The van der Waals surface area contributed by atoms with Gasteiger partial charge in [0.2, 0.25) is 0 Å². The smallest absolute Gasteiger partial charge is 0.384 e. The maximum absolute atomic E-state index is 11.9. The molecule has 1 atom stereocenters. The van der Waals surface area contributed by atoms with Crippen LogP contribution in [-0.4, -0.2) is 28.0 Å². The molecule has 0 fully saturated rings. The van der Waals surface area contributed by atoms with Gasteiger partial charge in [-0.1, -0.05) is 17.7 Å². The number of nitro groups is 1. The van der Waals surface area contributed by atoms with E-state index in [4.69, 9.17) is 16.3 Å². The average molecular weight is 311 g/mol. The molecule has 0 aliphatic rings. The molecule has 1 heterocycles. The highest BCUT2D eigenvalue weighted by Gasteiger charge is 2.48. The molecule has 0 spiro atoms. The SMILES string of the molecule is CCOC(=O)C(C)(Cc1c[nH]c2cc(Cl)ccc12)[N+](=O)[O-]. The summed E-state index contributed by atoms with van der Waals surface area (Å²) in [5.41, 5.74) is -0.369. The second-order valence-corrected chi connectivity index (χ2v) is 5.37. The van der Waals surface area contributed by atoms with Crippen LogP contribution >= 0.6 is 11.6 Å². The van der Waals surface area contributed by atoms with E-state index >= 15 is 0 Å². The summed E-state index contributed by atoms with van der Waals surface area (Å²) in [4.78, 5) is 25.7. The minimum atomic E-state index is -1.81. The monoisotopic (exact) mass is 310 g/mol. The summed E-state index contributed by atoms with van der Waals surface area (Å²) < 4.78 is 4.84. The molecule has 2 rings (SSSR count). The van der Waals surface area contributed by atoms with Gasteiger partial charge in [-0.2, -0.15) is 0 Å². The zero-order valence-electron chi connectivity index (χ0n) is 11.7. The van der Waals surface area contributed by atoms with Crippen LogP contribution in [0.1, 0.15) is 19.4 Å². The fraction of sp³-hybridized carbons (Fsp3) is 0.357. The van der Waals surface area contributed by atoms with E-state index in [-0.39, 0.29) is 13.0 Å². The van der Waals surface area contributed by atoms with E-state index in [0.717, 1.165) is 10.9 Å². The number of carbonyl (C=O) groups excluding carboxylic acids is 1. The molecule has 0 saturated carbocycles. The lowest BCUT2D eigenvalue weighted by Crippen LogP contribution is -2.46. The molecule has 0 amide bonds. The summed E-state index contributed by atoms with van der Waals surface area (Å²) in [6.45, 7) is 3.00. The molecule has 1 aromatic carbocycles. The highest BCUT2D eigenvalue weighted by atomic mass is 35.5. The molecule has 0 bridgehead atoms. The van der Waals surface area contributed by atoms with Gasteiger partial charge in [-0.05, 0) is 24.6 Å². The summed E-state index contributed by atoms with van der Waals surface area (Å²) in [6.07, 6.45) is 1.60. The Labute approximate surface area is 126 Å². The standard InChI is InChI=1S/C14H15ClN2O4/c1-3-21-13(18)14(2,17(19)20)7-9-8-16-12-6-10(15)4-5-11(9)12/h4-6,8,16H,3,7H2,1-2H3. The Morgan fingerprint density at radius 2 is 2.24 bits per heavy atom. The second-order valence-electron chi connectivity index (χ2n) is 4.93. The fourth-order valence-corrected chi connectivity index (χ4v) is 2.35. The number of benzene rings is 1. The van der Waals surface area contributed by atoms with E-state index < -0.39 is 16.4 Å². The first-order chi connectivity index (χ1) is 9.88. The molecule has 1 aromatic heterocycles. The number of ether oxygens (including phenoxy) is 1. The van der Waals surface area contributed by atoms with E-state index in [1.165, 1.54) is 6.92 Å². The van der Waals surface area contributed by atoms with Crippen molar-refractivity contribution in [3.8, 4) is 0 Å². The Morgan fingerprint density at radius 1 is 1.52 bits per heavy atom. The van der Waals surface area contributed by atoms with E-state index in [1.807, 2.05) is 0 Å². The van der Waals surface area contributed by atoms with Gasteiger partial charge in [0.05, 0.1) is 13.0 Å². The first-order valence-corrected chi connectivity index (χ1v) is 6.83. The highest BCUT2D eigenvalue weighted by molar-refractivity contribution is 6.31. The first kappa shape index (κ1) is 15.3. The minimum Gasteiger partial charge on any atom is -0.461 e. The van der Waals surface area contributed by atoms with Gasteiger partial charge in [-0.25, -0.2) is 4.79 Å². The summed E-state index contributed by atoms with van der Waals surface area (Å²) >= 11 is 5.90. The molecule has 1 N–H and O–H groups in total. The first-order valence-electron chi connectivity index (χ1n) is 6.45. The van der Waals surface area contributed by atoms with Crippen molar-refractivity contribution in [1.29, 1.82) is 0 Å². The van der Waals surface area contributed by atoms with Crippen LogP contribution in [0, 0.1) is 10.1 Å². The van der Waals surface area contributed by atoms with Gasteiger partial charge in [0.1, 0.15) is 0 Å². The van der Waals surface area contributed by atoms with E-state index in [9.17, 15) is 14.9 Å². The van der Waals surface area contributed by atoms with Crippen molar-refractivity contribution in [2.75, 3.05) is 6.61 Å². The normalized spacial score (nSPS) is 13.9. The molecule has 6 nitrogen and oxygen atoms in total. The zero-order chi connectivity index (χ0) is 15.6. The van der Waals surface area contributed by atoms with Gasteiger partial charge >= 0.3 is 11.5 Å². The van der Waals surface area contributed by atoms with Crippen LogP contribution in [0.4, 0.5) is 0 Å². The van der Waals surface area contributed by atoms with Gasteiger partial charge in [-0.3, -0.25) is 10.1 Å². The number of halogens is 1. The van der Waals surface area contributed by atoms with E-state index in [0.29, 0.717) is 10.6 Å². The van der Waals surface area contributed by atoms with Crippen LogP contribution < -0.4 is 0 Å². The molecule has 0 radical (unpaired) electrons. The van der Waals surface area contributed by atoms with Crippen LogP contribution in [0.5, 0.6) is 0 Å². The summed E-state index contributed by atoms with van der Waals surface area (Å²) in [6, 6.07) is 5.21. The second kappa shape index (κ2) is 5.73. The minimum absolute atomic E-state index is 0.0551. The molecule has 0 saturated heterocycles. The Kier molecular flexibility index (Phi) is 4.18. The summed E-state index contributed by atoms with van der Waals surface area (Å²) in [7, 11) is 0. The fourth-order valence-electron chi connectivity index (χ4n) is 2.17. The number of esters is 1. The Morgan fingerprint density at radius 3 is 2.86 bits per heavy atom. The molecule has 1 unspecified atom stereocenters. The topological polar surface area (TPSA) is 85.2 Å². The number of H-pyrrole nitrogens is 1. The number of aromatic nitrogens is 1. The average Bonchev–Trinajstić information content (AvgIpc) is 2.80. The van der Waals surface area contributed by atoms with Crippen LogP contribution in [0.3, 0.4) is 0 Å². The molecule has 21 heavy (non-hydrogen) atoms. The van der Waals surface area contributed by atoms with Crippen molar-refractivity contribution >= 4 is 28.5 Å². The number of hydrogen-bond donors (Lipinski definition) is 1. The third-order valence-electron chi connectivity index (χ3n) is 3.38. The van der Waals surface area contributed by atoms with Crippen molar-refractivity contribution in [1.82, 2.24) is 4.98 Å². The maximum Gasteiger partial charge on any atom is 0.384 e. The summed E-state index contributed by atoms with van der Waals surface area (Å²) in [5, 5.41) is 12.7. The number of nitrogens with zero attached hydrogens (tertiary/aromatic N) is 1. The molecular weight excluding hydrogens is 296 g/mol. The highest BCUT2D eigenvalue weighted by Crippen LogP contribution is 2.27. The Hall–Kier alpha value is -2.08. The van der Waals surface area contributed by atoms with Crippen LogP contribution in [0.2, 0.25) is 5.02 Å². The number of aromatic amines is 1. The quantitative estimate of drug-likeness (QED) is 0.522. The van der Waals surface area contributed by atoms with Crippen LogP contribution in [0.25, 0.3) is 10.9 Å².